The highest BCUT2D eigenvalue weighted by atomic mass is 32.2. The number of nitrogens with one attached hydrogen (secondary N) is 2. The highest BCUT2D eigenvalue weighted by Crippen LogP contribution is 2.33. The van der Waals surface area contributed by atoms with E-state index in [2.05, 4.69) is 15.6 Å². The fourth-order valence-electron chi connectivity index (χ4n) is 3.93. The van der Waals surface area contributed by atoms with Gasteiger partial charge in [0.25, 0.3) is 0 Å². The number of hydrogen-bond donors (Lipinski definition) is 2. The van der Waals surface area contributed by atoms with E-state index in [1.165, 1.54) is 23.9 Å². The van der Waals surface area contributed by atoms with Crippen molar-refractivity contribution in [3.63, 3.8) is 0 Å². The molecule has 1 fully saturated rings. The van der Waals surface area contributed by atoms with Gasteiger partial charge in [-0.1, -0.05) is 42.4 Å². The number of halogens is 1. The molecule has 11 heteroatoms. The van der Waals surface area contributed by atoms with Gasteiger partial charge in [-0.25, -0.2) is 22.6 Å². The number of carbonyl (C=O) groups is 2. The Bertz CT molecular complexity index is 1340. The number of ketones is 1. The van der Waals surface area contributed by atoms with Crippen LogP contribution in [0, 0.1) is 11.7 Å². The Morgan fingerprint density at radius 2 is 1.83 bits per heavy atom. The molecule has 7 nitrogen and oxygen atoms in total. The maximum Gasteiger partial charge on any atom is 0.325 e. The van der Waals surface area contributed by atoms with Crippen molar-refractivity contribution in [3.8, 4) is 0 Å². The van der Waals surface area contributed by atoms with Crippen LogP contribution in [0.5, 0.6) is 0 Å². The molecule has 4 rings (SSSR count). The third kappa shape index (κ3) is 6.47. The normalized spacial score (nSPS) is 14.1. The molecule has 0 aliphatic heterocycles. The summed E-state index contributed by atoms with van der Waals surface area (Å²) in [5.41, 5.74) is 0.670. The van der Waals surface area contributed by atoms with Gasteiger partial charge in [-0.3, -0.25) is 10.1 Å². The van der Waals surface area contributed by atoms with Gasteiger partial charge in [0, 0.05) is 28.4 Å². The Morgan fingerprint density at radius 1 is 1.11 bits per heavy atom. The van der Waals surface area contributed by atoms with E-state index in [1.54, 1.807) is 0 Å². The van der Waals surface area contributed by atoms with Crippen molar-refractivity contribution in [2.45, 2.75) is 40.5 Å². The van der Waals surface area contributed by atoms with Gasteiger partial charge in [-0.2, -0.15) is 0 Å². The van der Waals surface area contributed by atoms with Crippen LogP contribution in [0.3, 0.4) is 0 Å². The van der Waals surface area contributed by atoms with Gasteiger partial charge < -0.3 is 5.32 Å². The van der Waals surface area contributed by atoms with Gasteiger partial charge >= 0.3 is 6.03 Å². The predicted molar refractivity (Wildman–Crippen MR) is 137 cm³/mol. The summed E-state index contributed by atoms with van der Waals surface area (Å²) < 4.78 is 38.5. The lowest BCUT2D eigenvalue weighted by molar-refractivity contribution is 0.0923. The van der Waals surface area contributed by atoms with Gasteiger partial charge in [0.2, 0.25) is 0 Å². The topological polar surface area (TPSA) is 105 Å². The molecule has 0 radical (unpaired) electrons. The monoisotopic (exact) mass is 533 g/mol. The summed E-state index contributed by atoms with van der Waals surface area (Å²) in [6, 6.07) is 12.5. The molecular formula is C24H24FN3O4S3. The molecule has 0 unspecified atom stereocenters. The van der Waals surface area contributed by atoms with Crippen LogP contribution in [0.25, 0.3) is 0 Å². The van der Waals surface area contributed by atoms with E-state index in [1.807, 2.05) is 30.3 Å². The molecule has 1 aliphatic carbocycles. The van der Waals surface area contributed by atoms with Crippen LogP contribution in [0.2, 0.25) is 0 Å². The Kier molecular flexibility index (Phi) is 7.88. The Hall–Kier alpha value is -2.76. The largest absolute Gasteiger partial charge is 0.325 e. The summed E-state index contributed by atoms with van der Waals surface area (Å²) in [5.74, 6) is -0.618. The molecule has 1 aliphatic rings. The van der Waals surface area contributed by atoms with Crippen molar-refractivity contribution >= 4 is 55.6 Å². The van der Waals surface area contributed by atoms with Crippen LogP contribution in [0.1, 0.15) is 41.7 Å². The minimum absolute atomic E-state index is 0.0788. The van der Waals surface area contributed by atoms with Crippen LogP contribution < -0.4 is 10.6 Å². The van der Waals surface area contributed by atoms with Crippen molar-refractivity contribution < 1.29 is 22.4 Å². The van der Waals surface area contributed by atoms with Gasteiger partial charge in [-0.05, 0) is 43.2 Å². The number of hydrogen-bond acceptors (Lipinski definition) is 7. The SMILES string of the molecule is CS(=O)(=O)c1sc(NC(=O)Nc2ccc(F)cc2C(=O)C2CCCC2)nc1CSc1ccccc1. The zero-order valence-corrected chi connectivity index (χ0v) is 21.4. The predicted octanol–water partition coefficient (Wildman–Crippen LogP) is 5.99. The molecule has 35 heavy (non-hydrogen) atoms. The van der Waals surface area contributed by atoms with Crippen LogP contribution in [-0.4, -0.2) is 31.5 Å². The highest BCUT2D eigenvalue weighted by Gasteiger charge is 2.27. The first-order valence-electron chi connectivity index (χ1n) is 11.0. The molecule has 2 amide bonds. The minimum Gasteiger partial charge on any atom is -0.307 e. The average Bonchev–Trinajstić information content (AvgIpc) is 3.49. The number of Topliss-reactive ketones (excluding diaryl/α,β-unsaturated/α-hetero) is 1. The van der Waals surface area contributed by atoms with E-state index in [-0.39, 0.29) is 32.3 Å². The molecule has 1 saturated carbocycles. The Morgan fingerprint density at radius 3 is 2.51 bits per heavy atom. The van der Waals surface area contributed by atoms with Gasteiger partial charge in [0.15, 0.2) is 20.8 Å². The highest BCUT2D eigenvalue weighted by molar-refractivity contribution is 7.98. The van der Waals surface area contributed by atoms with Crippen LogP contribution in [-0.2, 0) is 15.6 Å². The number of amides is 2. The molecule has 0 spiro atoms. The Labute approximate surface area is 211 Å². The number of rotatable bonds is 8. The quantitative estimate of drug-likeness (QED) is 0.272. The fraction of sp³-hybridized carbons (Fsp3) is 0.292. The van der Waals surface area contributed by atoms with Gasteiger partial charge in [0.1, 0.15) is 10.0 Å². The molecule has 184 valence electrons. The first kappa shape index (κ1) is 25.3. The summed E-state index contributed by atoms with van der Waals surface area (Å²) >= 11 is 2.30. The molecule has 3 aromatic rings. The average molecular weight is 534 g/mol. The zero-order valence-electron chi connectivity index (χ0n) is 18.9. The van der Waals surface area contributed by atoms with Crippen molar-refractivity contribution in [2.75, 3.05) is 16.9 Å². The summed E-state index contributed by atoms with van der Waals surface area (Å²) in [6.45, 7) is 0. The number of anilines is 2. The van der Waals surface area contributed by atoms with Crippen molar-refractivity contribution in [1.29, 1.82) is 0 Å². The van der Waals surface area contributed by atoms with E-state index in [0.717, 1.165) is 54.2 Å². The number of benzene rings is 2. The second-order valence-electron chi connectivity index (χ2n) is 8.24. The van der Waals surface area contributed by atoms with Crippen molar-refractivity contribution in [3.05, 3.63) is 65.6 Å². The van der Waals surface area contributed by atoms with E-state index in [0.29, 0.717) is 11.4 Å². The van der Waals surface area contributed by atoms with Crippen molar-refractivity contribution in [2.24, 2.45) is 5.92 Å². The number of thiazole rings is 1. The summed E-state index contributed by atoms with van der Waals surface area (Å²) in [4.78, 5) is 30.9. The molecule has 0 bridgehead atoms. The van der Waals surface area contributed by atoms with Crippen molar-refractivity contribution in [1.82, 2.24) is 4.98 Å². The van der Waals surface area contributed by atoms with Crippen LogP contribution in [0.15, 0.2) is 57.6 Å². The minimum atomic E-state index is -3.56. The number of thioether (sulfide) groups is 1. The second kappa shape index (κ2) is 10.9. The molecule has 0 atom stereocenters. The van der Waals surface area contributed by atoms with Crippen LogP contribution >= 0.6 is 23.1 Å². The lowest BCUT2D eigenvalue weighted by Crippen LogP contribution is -2.22. The first-order valence-corrected chi connectivity index (χ1v) is 14.7. The third-order valence-electron chi connectivity index (χ3n) is 5.56. The van der Waals surface area contributed by atoms with E-state index in [9.17, 15) is 22.4 Å². The number of aromatic nitrogens is 1. The lowest BCUT2D eigenvalue weighted by Gasteiger charge is -2.14. The molecular weight excluding hydrogens is 509 g/mol. The number of carbonyl (C=O) groups excluding carboxylic acids is 2. The molecule has 2 aromatic carbocycles. The number of nitrogens with zero attached hydrogens (tertiary/aromatic N) is 1. The maximum atomic E-state index is 13.9. The smallest absolute Gasteiger partial charge is 0.307 e. The van der Waals surface area contributed by atoms with Gasteiger partial charge in [0.05, 0.1) is 11.4 Å². The lowest BCUT2D eigenvalue weighted by atomic mass is 9.95. The standard InChI is InChI=1S/C24H24FN3O4S3/c1-35(31,32)22-20(14-33-17-9-3-2-4-10-17)27-24(34-22)28-23(30)26-19-12-11-16(25)13-18(19)21(29)15-7-5-6-8-15/h2-4,9-13,15H,5-8,14H2,1H3,(H2,26,27,28,30). The molecule has 0 saturated heterocycles. The second-order valence-corrected chi connectivity index (χ2v) is 12.5. The third-order valence-corrected chi connectivity index (χ3v) is 9.46. The van der Waals surface area contributed by atoms with E-state index < -0.39 is 21.7 Å². The summed E-state index contributed by atoms with van der Waals surface area (Å²) in [7, 11) is -3.56. The van der Waals surface area contributed by atoms with Crippen LogP contribution in [0.4, 0.5) is 20.0 Å². The van der Waals surface area contributed by atoms with E-state index in [4.69, 9.17) is 0 Å². The number of urea groups is 1. The molecule has 1 heterocycles. The zero-order chi connectivity index (χ0) is 25.0. The summed E-state index contributed by atoms with van der Waals surface area (Å²) in [5, 5.41) is 5.25. The fourth-order valence-corrected chi connectivity index (χ4v) is 7.07. The molecule has 1 aromatic heterocycles. The van der Waals surface area contributed by atoms with Gasteiger partial charge in [-0.15, -0.1) is 11.8 Å². The van der Waals surface area contributed by atoms with E-state index >= 15 is 0 Å². The maximum absolute atomic E-state index is 13.9. The number of sulfone groups is 1. The Balaban J connectivity index is 1.50. The summed E-state index contributed by atoms with van der Waals surface area (Å²) in [6.07, 6.45) is 4.50. The molecule has 2 N–H and O–H groups in total. The first-order chi connectivity index (χ1) is 16.7.